The summed E-state index contributed by atoms with van der Waals surface area (Å²) >= 11 is 0. The van der Waals surface area contributed by atoms with Crippen molar-refractivity contribution in [3.05, 3.63) is 46.9 Å². The zero-order valence-electron chi connectivity index (χ0n) is 15.5. The number of fused-ring (bicyclic) bond motifs is 7. The molecule has 6 heteroatoms. The molecule has 1 fully saturated rings. The number of esters is 1. The molecule has 6 nitrogen and oxygen atoms in total. The van der Waals surface area contributed by atoms with E-state index in [2.05, 4.69) is 17.1 Å². The summed E-state index contributed by atoms with van der Waals surface area (Å²) in [6, 6.07) is 7.98. The number of allylic oxidation sites excluding steroid dienone is 1. The normalized spacial score (nSPS) is 26.5. The van der Waals surface area contributed by atoms with Crippen LogP contribution in [-0.4, -0.2) is 41.0 Å². The lowest BCUT2D eigenvalue weighted by Gasteiger charge is -2.44. The Morgan fingerprint density at radius 2 is 2.19 bits per heavy atom. The number of nitrogens with zero attached hydrogens (tertiary/aromatic N) is 1. The van der Waals surface area contributed by atoms with Gasteiger partial charge in [0, 0.05) is 23.1 Å². The molecular formula is C21H22N2O4. The molecule has 4 heterocycles. The van der Waals surface area contributed by atoms with Crippen LogP contribution in [0, 0.1) is 5.92 Å². The third-order valence-corrected chi connectivity index (χ3v) is 6.05. The number of carbonyl (C=O) groups is 2. The van der Waals surface area contributed by atoms with E-state index in [0.717, 1.165) is 17.6 Å². The molecule has 0 spiro atoms. The number of hydrogen-bond acceptors (Lipinski definition) is 4. The molecule has 3 aliphatic heterocycles. The van der Waals surface area contributed by atoms with Crippen molar-refractivity contribution in [1.82, 2.24) is 9.88 Å². The van der Waals surface area contributed by atoms with Crippen molar-refractivity contribution in [3.63, 3.8) is 0 Å². The number of carbonyl (C=O) groups excluding carboxylic acids is 2. The summed E-state index contributed by atoms with van der Waals surface area (Å²) in [5.41, 5.74) is 3.92. The van der Waals surface area contributed by atoms with Crippen LogP contribution in [0.2, 0.25) is 0 Å². The second-order valence-electron chi connectivity index (χ2n) is 7.42. The third-order valence-electron chi connectivity index (χ3n) is 6.05. The molecule has 1 aromatic heterocycles. The Morgan fingerprint density at radius 1 is 1.37 bits per heavy atom. The van der Waals surface area contributed by atoms with Gasteiger partial charge in [-0.25, -0.2) is 4.79 Å². The minimum absolute atomic E-state index is 0.0865. The zero-order chi connectivity index (χ0) is 18.7. The van der Waals surface area contributed by atoms with Gasteiger partial charge < -0.3 is 19.4 Å². The molecule has 2 aromatic rings. The summed E-state index contributed by atoms with van der Waals surface area (Å²) in [6.07, 6.45) is 0.810. The van der Waals surface area contributed by atoms with E-state index in [-0.39, 0.29) is 29.9 Å². The Morgan fingerprint density at radius 3 is 3.00 bits per heavy atom. The van der Waals surface area contributed by atoms with Crippen molar-refractivity contribution < 1.29 is 19.1 Å². The maximum Gasteiger partial charge on any atom is 0.337 e. The number of amides is 1. The molecule has 27 heavy (non-hydrogen) atoms. The lowest BCUT2D eigenvalue weighted by Crippen LogP contribution is -2.52. The third kappa shape index (κ3) is 2.25. The maximum absolute atomic E-state index is 12.8. The molecule has 0 unspecified atom stereocenters. The molecule has 1 N–H and O–H groups in total. The number of nitrogens with one attached hydrogen (secondary N) is 1. The first kappa shape index (κ1) is 16.4. The van der Waals surface area contributed by atoms with Gasteiger partial charge in [-0.15, -0.1) is 0 Å². The molecule has 3 aliphatic rings. The summed E-state index contributed by atoms with van der Waals surface area (Å²) in [5, 5.41) is 1.19. The molecule has 1 amide bonds. The molecule has 0 saturated carbocycles. The van der Waals surface area contributed by atoms with Gasteiger partial charge in [0.1, 0.15) is 11.9 Å². The van der Waals surface area contributed by atoms with Gasteiger partial charge in [-0.2, -0.15) is 0 Å². The molecule has 0 bridgehead atoms. The van der Waals surface area contributed by atoms with Gasteiger partial charge in [-0.1, -0.05) is 18.2 Å². The first-order valence-corrected chi connectivity index (χ1v) is 9.53. The maximum atomic E-state index is 12.8. The van der Waals surface area contributed by atoms with Gasteiger partial charge in [0.05, 0.1) is 30.6 Å². The number of hydrogen-bond donors (Lipinski definition) is 1. The summed E-state index contributed by atoms with van der Waals surface area (Å²) < 4.78 is 11.3. The number of para-hydroxylation sites is 1. The van der Waals surface area contributed by atoms with Crippen molar-refractivity contribution >= 4 is 22.8 Å². The van der Waals surface area contributed by atoms with Crippen molar-refractivity contribution in [2.45, 2.75) is 38.8 Å². The van der Waals surface area contributed by atoms with E-state index in [1.165, 1.54) is 10.9 Å². The molecule has 1 saturated heterocycles. The Kier molecular flexibility index (Phi) is 3.57. The lowest BCUT2D eigenvalue weighted by atomic mass is 9.77. The molecule has 0 radical (unpaired) electrons. The predicted molar refractivity (Wildman–Crippen MR) is 98.8 cm³/mol. The molecule has 0 aliphatic carbocycles. The standard InChI is InChI=1S/C21H22N2O4/c1-3-26-21(25)17-11(2)27-15-10-16(24)23-9-8-13-12-6-4-5-7-14(12)22-19(13)20(23)18(15)17/h4-7,15,18,20,22H,3,8-10H2,1-2H3/t15-,18-,20-/m0/s1. The van der Waals surface area contributed by atoms with Crippen LogP contribution in [0.1, 0.15) is 37.6 Å². The fourth-order valence-electron chi connectivity index (χ4n) is 5.02. The second-order valence-corrected chi connectivity index (χ2v) is 7.42. The molecule has 1 aromatic carbocycles. The van der Waals surface area contributed by atoms with Crippen LogP contribution in [0.4, 0.5) is 0 Å². The quantitative estimate of drug-likeness (QED) is 0.830. The number of benzene rings is 1. The molecule has 5 rings (SSSR count). The Labute approximate surface area is 157 Å². The number of rotatable bonds is 2. The topological polar surface area (TPSA) is 71.6 Å². The first-order chi connectivity index (χ1) is 13.1. The van der Waals surface area contributed by atoms with Crippen LogP contribution in [0.3, 0.4) is 0 Å². The van der Waals surface area contributed by atoms with Crippen LogP contribution in [0.15, 0.2) is 35.6 Å². The van der Waals surface area contributed by atoms with Crippen LogP contribution >= 0.6 is 0 Å². The number of aromatic amines is 1. The van der Waals surface area contributed by atoms with Crippen molar-refractivity contribution in [1.29, 1.82) is 0 Å². The fraction of sp³-hybridized carbons (Fsp3) is 0.429. The highest BCUT2D eigenvalue weighted by Crippen LogP contribution is 2.50. The second kappa shape index (κ2) is 5.87. The van der Waals surface area contributed by atoms with Crippen molar-refractivity contribution in [3.8, 4) is 0 Å². The van der Waals surface area contributed by atoms with Gasteiger partial charge in [0.15, 0.2) is 0 Å². The van der Waals surface area contributed by atoms with Crippen LogP contribution < -0.4 is 0 Å². The predicted octanol–water partition coefficient (Wildman–Crippen LogP) is 2.85. The minimum atomic E-state index is -0.333. The zero-order valence-corrected chi connectivity index (χ0v) is 15.5. The van der Waals surface area contributed by atoms with Crippen LogP contribution in [-0.2, 0) is 25.5 Å². The Balaban J connectivity index is 1.67. The number of piperidine rings is 1. The first-order valence-electron chi connectivity index (χ1n) is 9.53. The summed E-state index contributed by atoms with van der Waals surface area (Å²) in [7, 11) is 0. The van der Waals surface area contributed by atoms with Crippen molar-refractivity contribution in [2.24, 2.45) is 5.92 Å². The summed E-state index contributed by atoms with van der Waals surface area (Å²) in [4.78, 5) is 30.9. The van der Waals surface area contributed by atoms with E-state index in [4.69, 9.17) is 9.47 Å². The van der Waals surface area contributed by atoms with E-state index in [1.807, 2.05) is 17.0 Å². The van der Waals surface area contributed by atoms with E-state index in [9.17, 15) is 9.59 Å². The Hall–Kier alpha value is -2.76. The Bertz CT molecular complexity index is 989. The number of aromatic nitrogens is 1. The number of H-pyrrole nitrogens is 1. The van der Waals surface area contributed by atoms with Crippen LogP contribution in [0.25, 0.3) is 10.9 Å². The highest BCUT2D eigenvalue weighted by atomic mass is 16.5. The summed E-state index contributed by atoms with van der Waals surface area (Å²) in [5.74, 6) is 0.138. The smallest absolute Gasteiger partial charge is 0.337 e. The van der Waals surface area contributed by atoms with Gasteiger partial charge in [0.2, 0.25) is 5.91 Å². The molecule has 140 valence electrons. The SMILES string of the molecule is CCOC(=O)C1=C(C)O[C@H]2CC(=O)N3CCc4c([nH]c5ccccc45)[C@@H]3[C@H]12. The molecule has 3 atom stereocenters. The van der Waals surface area contributed by atoms with Gasteiger partial charge in [0.25, 0.3) is 0 Å². The fourth-order valence-corrected chi connectivity index (χ4v) is 5.02. The average molecular weight is 366 g/mol. The van der Waals surface area contributed by atoms with E-state index >= 15 is 0 Å². The van der Waals surface area contributed by atoms with E-state index in [1.54, 1.807) is 13.8 Å². The van der Waals surface area contributed by atoms with Crippen LogP contribution in [0.5, 0.6) is 0 Å². The number of ether oxygens (including phenoxy) is 2. The summed E-state index contributed by atoms with van der Waals surface area (Å²) in [6.45, 7) is 4.58. The van der Waals surface area contributed by atoms with E-state index in [0.29, 0.717) is 30.9 Å². The minimum Gasteiger partial charge on any atom is -0.493 e. The highest BCUT2D eigenvalue weighted by molar-refractivity contribution is 5.92. The lowest BCUT2D eigenvalue weighted by molar-refractivity contribution is -0.147. The van der Waals surface area contributed by atoms with Gasteiger partial charge in [-0.05, 0) is 31.9 Å². The average Bonchev–Trinajstić information content (AvgIpc) is 3.18. The van der Waals surface area contributed by atoms with Gasteiger partial charge >= 0.3 is 5.97 Å². The highest BCUT2D eigenvalue weighted by Gasteiger charge is 2.53. The molecular weight excluding hydrogens is 344 g/mol. The van der Waals surface area contributed by atoms with Gasteiger partial charge in [-0.3, -0.25) is 4.79 Å². The van der Waals surface area contributed by atoms with E-state index < -0.39 is 0 Å². The van der Waals surface area contributed by atoms with Crippen molar-refractivity contribution in [2.75, 3.05) is 13.2 Å². The monoisotopic (exact) mass is 366 g/mol. The largest absolute Gasteiger partial charge is 0.493 e.